The molecule has 0 unspecified atom stereocenters. The number of unbranched alkanes of at least 4 members (excludes halogenated alkanes) is 7. The molecule has 4 heteroatoms. The zero-order chi connectivity index (χ0) is 14.7. The second-order valence-electron chi connectivity index (χ2n) is 6.78. The maximum atomic E-state index is 2.36. The van der Waals surface area contributed by atoms with E-state index >= 15 is 0 Å². The normalized spacial score (nSPS) is 10.2. The molecule has 0 aliphatic heterocycles. The number of hydrogen-bond donors (Lipinski definition) is 0. The second-order valence-corrected chi connectivity index (χ2v) is 6.78. The number of hydrogen-bond acceptors (Lipinski definition) is 0. The third kappa shape index (κ3) is 14.7. The fourth-order valence-electron chi connectivity index (χ4n) is 2.83. The molecular weight excluding hydrogens is 310 g/mol. The Labute approximate surface area is 149 Å². The van der Waals surface area contributed by atoms with Gasteiger partial charge in [0, 0.05) is 5.56 Å². The largest absolute Gasteiger partial charge is 1.00 e. The zero-order valence-electron chi connectivity index (χ0n) is 15.3. The monoisotopic (exact) mass is 347 g/mol. The Balaban J connectivity index is -0.00000133. The quantitative estimate of drug-likeness (QED) is 0.419. The van der Waals surface area contributed by atoms with Crippen LogP contribution in [0, 0.1) is 0 Å². The Morgan fingerprint density at radius 2 is 1.22 bits per heavy atom. The Kier molecular flexibility index (Phi) is 19.3. The fourth-order valence-corrected chi connectivity index (χ4v) is 2.83. The van der Waals surface area contributed by atoms with E-state index in [1.54, 1.807) is 0 Å². The molecular formula is C19H38ClNO2. The smallest absolute Gasteiger partial charge is 0.104 e. The zero-order valence-corrected chi connectivity index (χ0v) is 16.0. The molecule has 0 bridgehead atoms. The van der Waals surface area contributed by atoms with E-state index in [9.17, 15) is 0 Å². The molecule has 1 aromatic carbocycles. The van der Waals surface area contributed by atoms with Gasteiger partial charge in [-0.15, -0.1) is 0 Å². The highest BCUT2D eigenvalue weighted by molar-refractivity contribution is 5.13. The standard InChI is InChI=1S/C19H34N.ClH.2H2O/c1-4-5-6-7-8-9-10-14-17-20(2,3)18-19-15-12-11-13-16-19;;;/h11-13,15-16H,4-10,14,17-18H2,1-3H3;1H;2*1H2/q+1;;;/p-1. The topological polar surface area (TPSA) is 63.0 Å². The molecule has 0 atom stereocenters. The van der Waals surface area contributed by atoms with Gasteiger partial charge in [-0.05, 0) is 12.8 Å². The Bertz CT molecular complexity index is 344. The average Bonchev–Trinajstić information content (AvgIpc) is 2.42. The number of quaternary nitrogens is 1. The summed E-state index contributed by atoms with van der Waals surface area (Å²) in [5, 5.41) is 0. The van der Waals surface area contributed by atoms with Crippen LogP contribution < -0.4 is 12.4 Å². The van der Waals surface area contributed by atoms with Crippen LogP contribution in [0.25, 0.3) is 0 Å². The van der Waals surface area contributed by atoms with Crippen molar-refractivity contribution in [2.45, 2.75) is 64.8 Å². The van der Waals surface area contributed by atoms with E-state index in [4.69, 9.17) is 0 Å². The molecule has 1 rings (SSSR count). The van der Waals surface area contributed by atoms with Gasteiger partial charge in [0.1, 0.15) is 6.54 Å². The van der Waals surface area contributed by atoms with Crippen molar-refractivity contribution >= 4 is 0 Å². The van der Waals surface area contributed by atoms with Crippen molar-refractivity contribution in [1.29, 1.82) is 0 Å². The van der Waals surface area contributed by atoms with E-state index in [2.05, 4.69) is 51.4 Å². The van der Waals surface area contributed by atoms with Crippen molar-refractivity contribution < 1.29 is 27.8 Å². The highest BCUT2D eigenvalue weighted by Gasteiger charge is 2.14. The molecule has 0 aromatic heterocycles. The van der Waals surface area contributed by atoms with Crippen molar-refractivity contribution in [2.75, 3.05) is 20.6 Å². The van der Waals surface area contributed by atoms with Crippen molar-refractivity contribution in [1.82, 2.24) is 0 Å². The SMILES string of the molecule is CCCCCCCCCC[N+](C)(C)Cc1ccccc1.O.O.[Cl-]. The lowest BCUT2D eigenvalue weighted by Gasteiger charge is -2.30. The summed E-state index contributed by atoms with van der Waals surface area (Å²) in [6.07, 6.45) is 11.3. The summed E-state index contributed by atoms with van der Waals surface area (Å²) in [6, 6.07) is 10.9. The van der Waals surface area contributed by atoms with Gasteiger partial charge in [-0.25, -0.2) is 0 Å². The summed E-state index contributed by atoms with van der Waals surface area (Å²) in [5.74, 6) is 0. The Morgan fingerprint density at radius 3 is 1.74 bits per heavy atom. The minimum atomic E-state index is 0. The van der Waals surface area contributed by atoms with Crippen LogP contribution >= 0.6 is 0 Å². The fraction of sp³-hybridized carbons (Fsp3) is 0.684. The lowest BCUT2D eigenvalue weighted by Crippen LogP contribution is -3.00. The van der Waals surface area contributed by atoms with Gasteiger partial charge in [0.25, 0.3) is 0 Å². The molecule has 23 heavy (non-hydrogen) atoms. The maximum Gasteiger partial charge on any atom is 0.104 e. The molecule has 0 saturated heterocycles. The molecule has 0 fully saturated rings. The minimum Gasteiger partial charge on any atom is -1.00 e. The van der Waals surface area contributed by atoms with Crippen LogP contribution in [-0.4, -0.2) is 36.1 Å². The van der Waals surface area contributed by atoms with Gasteiger partial charge in [-0.1, -0.05) is 75.8 Å². The van der Waals surface area contributed by atoms with Gasteiger partial charge in [-0.3, -0.25) is 0 Å². The van der Waals surface area contributed by atoms with Crippen LogP contribution in [-0.2, 0) is 6.54 Å². The molecule has 0 aliphatic rings. The molecule has 0 amide bonds. The molecule has 0 saturated carbocycles. The van der Waals surface area contributed by atoms with E-state index in [1.165, 1.54) is 63.5 Å². The van der Waals surface area contributed by atoms with Gasteiger partial charge in [0.05, 0.1) is 20.6 Å². The first-order valence-corrected chi connectivity index (χ1v) is 8.50. The second kappa shape index (κ2) is 16.3. The minimum absolute atomic E-state index is 0. The predicted octanol–water partition coefficient (Wildman–Crippen LogP) is 0.758. The summed E-state index contributed by atoms with van der Waals surface area (Å²) < 4.78 is 1.11. The Hall–Kier alpha value is -0.610. The van der Waals surface area contributed by atoms with E-state index in [1.807, 2.05) is 0 Å². The van der Waals surface area contributed by atoms with Gasteiger partial charge in [0.2, 0.25) is 0 Å². The van der Waals surface area contributed by atoms with Crippen molar-refractivity contribution in [3.63, 3.8) is 0 Å². The van der Waals surface area contributed by atoms with Gasteiger partial charge in [-0.2, -0.15) is 0 Å². The highest BCUT2D eigenvalue weighted by Crippen LogP contribution is 2.13. The average molecular weight is 348 g/mol. The summed E-state index contributed by atoms with van der Waals surface area (Å²) in [5.41, 5.74) is 1.46. The van der Waals surface area contributed by atoms with E-state index in [0.29, 0.717) is 0 Å². The molecule has 0 radical (unpaired) electrons. The lowest BCUT2D eigenvalue weighted by atomic mass is 10.1. The molecule has 0 spiro atoms. The molecule has 138 valence electrons. The van der Waals surface area contributed by atoms with Gasteiger partial charge < -0.3 is 27.8 Å². The van der Waals surface area contributed by atoms with Crippen molar-refractivity contribution in [3.8, 4) is 0 Å². The van der Waals surface area contributed by atoms with Crippen LogP contribution in [0.2, 0.25) is 0 Å². The predicted molar refractivity (Wildman–Crippen MR) is 97.0 cm³/mol. The van der Waals surface area contributed by atoms with Crippen LogP contribution in [0.1, 0.15) is 63.9 Å². The summed E-state index contributed by atoms with van der Waals surface area (Å²) in [6.45, 7) is 4.73. The Morgan fingerprint density at radius 1 is 0.739 bits per heavy atom. The molecule has 0 aliphatic carbocycles. The van der Waals surface area contributed by atoms with Crippen LogP contribution in [0.15, 0.2) is 30.3 Å². The molecule has 0 heterocycles. The van der Waals surface area contributed by atoms with E-state index in [0.717, 1.165) is 11.0 Å². The highest BCUT2D eigenvalue weighted by atomic mass is 35.5. The van der Waals surface area contributed by atoms with E-state index in [-0.39, 0.29) is 23.4 Å². The molecule has 4 N–H and O–H groups in total. The van der Waals surface area contributed by atoms with Crippen LogP contribution in [0.4, 0.5) is 0 Å². The van der Waals surface area contributed by atoms with Crippen molar-refractivity contribution in [3.05, 3.63) is 35.9 Å². The first-order valence-electron chi connectivity index (χ1n) is 8.50. The number of rotatable bonds is 11. The third-order valence-electron chi connectivity index (χ3n) is 4.07. The third-order valence-corrected chi connectivity index (χ3v) is 4.07. The van der Waals surface area contributed by atoms with Crippen molar-refractivity contribution in [2.24, 2.45) is 0 Å². The van der Waals surface area contributed by atoms with Gasteiger partial charge in [0.15, 0.2) is 0 Å². The first-order chi connectivity index (χ1) is 9.64. The lowest BCUT2D eigenvalue weighted by molar-refractivity contribution is -0.903. The summed E-state index contributed by atoms with van der Waals surface area (Å²) >= 11 is 0. The van der Waals surface area contributed by atoms with Crippen LogP contribution in [0.5, 0.6) is 0 Å². The maximum absolute atomic E-state index is 2.36. The molecule has 1 aromatic rings. The number of nitrogens with zero attached hydrogens (tertiary/aromatic N) is 1. The van der Waals surface area contributed by atoms with Crippen LogP contribution in [0.3, 0.4) is 0 Å². The number of benzene rings is 1. The van der Waals surface area contributed by atoms with Gasteiger partial charge >= 0.3 is 0 Å². The summed E-state index contributed by atoms with van der Waals surface area (Å²) in [7, 11) is 4.71. The summed E-state index contributed by atoms with van der Waals surface area (Å²) in [4.78, 5) is 0. The number of halogens is 1. The molecule has 3 nitrogen and oxygen atoms in total. The van der Waals surface area contributed by atoms with E-state index < -0.39 is 0 Å². The first kappa shape index (κ1) is 27.2.